The molecule has 1 atom stereocenters. The van der Waals surface area contributed by atoms with Crippen LogP contribution in [-0.2, 0) is 10.2 Å². The number of rotatable bonds is 2. The first kappa shape index (κ1) is 12.1. The van der Waals surface area contributed by atoms with Crippen LogP contribution >= 0.6 is 0 Å². The van der Waals surface area contributed by atoms with Gasteiger partial charge in [0.25, 0.3) is 0 Å². The molecule has 0 saturated carbocycles. The Morgan fingerprint density at radius 1 is 1.33 bits per heavy atom. The molecule has 2 saturated heterocycles. The van der Waals surface area contributed by atoms with Crippen molar-refractivity contribution < 1.29 is 9.13 Å². The maximum Gasteiger partial charge on any atom is 0.123 e. The summed E-state index contributed by atoms with van der Waals surface area (Å²) < 4.78 is 18.5. The second-order valence-corrected chi connectivity index (χ2v) is 5.36. The van der Waals surface area contributed by atoms with Crippen LogP contribution < -0.4 is 5.32 Å². The summed E-state index contributed by atoms with van der Waals surface area (Å²) in [6.07, 6.45) is 0. The van der Waals surface area contributed by atoms with Gasteiger partial charge in [-0.05, 0) is 24.7 Å². The Kier molecular flexibility index (Phi) is 3.09. The number of nitrogens with one attached hydrogen (secondary N) is 1. The molecule has 0 spiro atoms. The highest BCUT2D eigenvalue weighted by Crippen LogP contribution is 2.38. The number of halogens is 1. The molecule has 0 aliphatic carbocycles. The minimum Gasteiger partial charge on any atom is -0.379 e. The average Bonchev–Trinajstić information content (AvgIpc) is 2.32. The highest BCUT2D eigenvalue weighted by atomic mass is 19.1. The van der Waals surface area contributed by atoms with Gasteiger partial charge in [0.15, 0.2) is 0 Å². The molecule has 1 N–H and O–H groups in total. The third-order valence-corrected chi connectivity index (χ3v) is 4.29. The smallest absolute Gasteiger partial charge is 0.123 e. The van der Waals surface area contributed by atoms with Gasteiger partial charge < -0.3 is 10.1 Å². The van der Waals surface area contributed by atoms with E-state index in [1.165, 1.54) is 5.56 Å². The van der Waals surface area contributed by atoms with Crippen molar-refractivity contribution in [1.82, 2.24) is 10.2 Å². The molecule has 4 heteroatoms. The lowest BCUT2D eigenvalue weighted by Crippen LogP contribution is -2.66. The van der Waals surface area contributed by atoms with Crippen LogP contribution in [0.15, 0.2) is 24.3 Å². The van der Waals surface area contributed by atoms with Gasteiger partial charge in [-0.3, -0.25) is 4.90 Å². The third-order valence-electron chi connectivity index (χ3n) is 4.29. The van der Waals surface area contributed by atoms with Gasteiger partial charge in [-0.15, -0.1) is 0 Å². The summed E-state index contributed by atoms with van der Waals surface area (Å²) in [4.78, 5) is 2.39. The van der Waals surface area contributed by atoms with Crippen LogP contribution in [0.2, 0.25) is 0 Å². The summed E-state index contributed by atoms with van der Waals surface area (Å²) in [7, 11) is 2.16. The van der Waals surface area contributed by atoms with Crippen LogP contribution in [0.5, 0.6) is 0 Å². The summed E-state index contributed by atoms with van der Waals surface area (Å²) in [5.74, 6) is -0.177. The van der Waals surface area contributed by atoms with E-state index in [0.717, 1.165) is 32.8 Å². The highest BCUT2D eigenvalue weighted by Gasteiger charge is 2.49. The first-order valence-corrected chi connectivity index (χ1v) is 6.47. The van der Waals surface area contributed by atoms with E-state index in [-0.39, 0.29) is 11.2 Å². The Morgan fingerprint density at radius 2 is 2.06 bits per heavy atom. The van der Waals surface area contributed by atoms with Crippen LogP contribution in [0.4, 0.5) is 4.39 Å². The van der Waals surface area contributed by atoms with E-state index < -0.39 is 0 Å². The Bertz CT molecular complexity index is 416. The van der Waals surface area contributed by atoms with Gasteiger partial charge >= 0.3 is 0 Å². The van der Waals surface area contributed by atoms with Crippen molar-refractivity contribution in [2.45, 2.75) is 11.5 Å². The molecule has 2 heterocycles. The van der Waals surface area contributed by atoms with Gasteiger partial charge in [0.2, 0.25) is 0 Å². The van der Waals surface area contributed by atoms with E-state index >= 15 is 0 Å². The van der Waals surface area contributed by atoms with E-state index in [1.54, 1.807) is 12.1 Å². The first-order chi connectivity index (χ1) is 8.72. The van der Waals surface area contributed by atoms with E-state index in [9.17, 15) is 4.39 Å². The number of nitrogens with zero attached hydrogens (tertiary/aromatic N) is 1. The first-order valence-electron chi connectivity index (χ1n) is 6.47. The molecule has 0 amide bonds. The molecule has 2 aliphatic heterocycles. The quantitative estimate of drug-likeness (QED) is 0.847. The molecule has 0 radical (unpaired) electrons. The Hall–Kier alpha value is -0.970. The molecular weight excluding hydrogens is 231 g/mol. The van der Waals surface area contributed by atoms with E-state index in [4.69, 9.17) is 4.74 Å². The number of piperazine rings is 1. The molecule has 1 aromatic rings. The molecule has 3 rings (SSSR count). The van der Waals surface area contributed by atoms with Gasteiger partial charge in [0, 0.05) is 25.7 Å². The third kappa shape index (κ3) is 1.85. The van der Waals surface area contributed by atoms with Crippen LogP contribution in [-0.4, -0.2) is 50.8 Å². The summed E-state index contributed by atoms with van der Waals surface area (Å²) in [5.41, 5.74) is 1.21. The molecule has 0 aromatic heterocycles. The van der Waals surface area contributed by atoms with Crippen molar-refractivity contribution in [1.29, 1.82) is 0 Å². The van der Waals surface area contributed by atoms with E-state index in [1.807, 2.05) is 12.1 Å². The topological polar surface area (TPSA) is 24.5 Å². The van der Waals surface area contributed by atoms with Gasteiger partial charge in [-0.1, -0.05) is 12.1 Å². The number of benzene rings is 1. The maximum absolute atomic E-state index is 13.1. The average molecular weight is 250 g/mol. The standard InChI is InChI=1S/C14H19FN2O/c1-17-7-6-16-8-13(17)14(9-18-10-14)11-2-4-12(15)5-3-11/h2-5,13,16H,6-10H2,1H3. The number of ether oxygens (including phenoxy) is 1. The maximum atomic E-state index is 13.1. The molecular formula is C14H19FN2O. The monoisotopic (exact) mass is 250 g/mol. The molecule has 98 valence electrons. The van der Waals surface area contributed by atoms with Crippen molar-refractivity contribution in [3.8, 4) is 0 Å². The van der Waals surface area contributed by atoms with Crippen molar-refractivity contribution in [3.05, 3.63) is 35.6 Å². The number of likely N-dealkylation sites (N-methyl/N-ethyl adjacent to an activating group) is 1. The van der Waals surface area contributed by atoms with Gasteiger partial charge in [0.1, 0.15) is 5.82 Å². The molecule has 1 aromatic carbocycles. The predicted molar refractivity (Wildman–Crippen MR) is 68.2 cm³/mol. The second-order valence-electron chi connectivity index (χ2n) is 5.36. The van der Waals surface area contributed by atoms with Crippen LogP contribution in [0.1, 0.15) is 5.56 Å². The Morgan fingerprint density at radius 3 is 2.61 bits per heavy atom. The lowest BCUT2D eigenvalue weighted by Gasteiger charge is -2.52. The zero-order valence-electron chi connectivity index (χ0n) is 10.7. The van der Waals surface area contributed by atoms with Crippen LogP contribution in [0.25, 0.3) is 0 Å². The minimum atomic E-state index is -0.177. The van der Waals surface area contributed by atoms with Crippen molar-refractivity contribution in [2.24, 2.45) is 0 Å². The fourth-order valence-corrected chi connectivity index (χ4v) is 3.08. The lowest BCUT2D eigenvalue weighted by atomic mass is 9.71. The molecule has 3 nitrogen and oxygen atoms in total. The summed E-state index contributed by atoms with van der Waals surface area (Å²) in [5, 5.41) is 3.45. The molecule has 2 fully saturated rings. The van der Waals surface area contributed by atoms with Crippen molar-refractivity contribution in [2.75, 3.05) is 39.9 Å². The molecule has 0 bridgehead atoms. The second kappa shape index (κ2) is 4.61. The zero-order chi connectivity index (χ0) is 12.6. The molecule has 2 aliphatic rings. The van der Waals surface area contributed by atoms with Crippen molar-refractivity contribution >= 4 is 0 Å². The predicted octanol–water partition coefficient (Wildman–Crippen LogP) is 0.997. The summed E-state index contributed by atoms with van der Waals surface area (Å²) >= 11 is 0. The SMILES string of the molecule is CN1CCNCC1C1(c2ccc(F)cc2)COC1. The van der Waals surface area contributed by atoms with E-state index in [2.05, 4.69) is 17.3 Å². The molecule has 1 unspecified atom stereocenters. The van der Waals surface area contributed by atoms with Crippen molar-refractivity contribution in [3.63, 3.8) is 0 Å². The van der Waals surface area contributed by atoms with Gasteiger partial charge in [-0.25, -0.2) is 4.39 Å². The fourth-order valence-electron chi connectivity index (χ4n) is 3.08. The highest BCUT2D eigenvalue weighted by molar-refractivity contribution is 5.31. The lowest BCUT2D eigenvalue weighted by molar-refractivity contribution is -0.103. The number of hydrogen-bond acceptors (Lipinski definition) is 3. The Balaban J connectivity index is 1.91. The minimum absolute atomic E-state index is 0.0237. The zero-order valence-corrected chi connectivity index (χ0v) is 10.7. The number of hydrogen-bond donors (Lipinski definition) is 1. The summed E-state index contributed by atoms with van der Waals surface area (Å²) in [6, 6.07) is 7.32. The van der Waals surface area contributed by atoms with Gasteiger partial charge in [-0.2, -0.15) is 0 Å². The Labute approximate surface area is 107 Å². The van der Waals surface area contributed by atoms with Crippen LogP contribution in [0.3, 0.4) is 0 Å². The van der Waals surface area contributed by atoms with E-state index in [0.29, 0.717) is 6.04 Å². The summed E-state index contributed by atoms with van der Waals surface area (Å²) in [6.45, 7) is 4.52. The molecule has 18 heavy (non-hydrogen) atoms. The fraction of sp³-hybridized carbons (Fsp3) is 0.571. The van der Waals surface area contributed by atoms with Gasteiger partial charge in [0.05, 0.1) is 18.6 Å². The largest absolute Gasteiger partial charge is 0.379 e. The van der Waals surface area contributed by atoms with Crippen LogP contribution in [0, 0.1) is 5.82 Å². The normalized spacial score (nSPS) is 27.8.